The first-order valence-electron chi connectivity index (χ1n) is 8.86. The van der Waals surface area contributed by atoms with Crippen molar-refractivity contribution < 1.29 is 17.6 Å². The fraction of sp³-hybridized carbons (Fsp3) is 0.100. The van der Waals surface area contributed by atoms with Crippen molar-refractivity contribution in [3.63, 3.8) is 0 Å². The molecule has 0 saturated carbocycles. The molecule has 0 aliphatic carbocycles. The van der Waals surface area contributed by atoms with Gasteiger partial charge in [0.2, 0.25) is 11.7 Å². The van der Waals surface area contributed by atoms with Gasteiger partial charge in [0, 0.05) is 6.54 Å². The van der Waals surface area contributed by atoms with Gasteiger partial charge >= 0.3 is 0 Å². The van der Waals surface area contributed by atoms with Crippen LogP contribution in [0.1, 0.15) is 22.9 Å². The van der Waals surface area contributed by atoms with E-state index in [1.807, 2.05) is 0 Å². The van der Waals surface area contributed by atoms with E-state index in [1.54, 1.807) is 42.5 Å². The number of fused-ring (bicyclic) bond motifs is 1. The van der Waals surface area contributed by atoms with Gasteiger partial charge in [0.1, 0.15) is 11.2 Å². The molecule has 2 aromatic carbocycles. The largest absolute Gasteiger partial charge is 0.448 e. The lowest BCUT2D eigenvalue weighted by Crippen LogP contribution is -2.40. The summed E-state index contributed by atoms with van der Waals surface area (Å²) >= 11 is 0. The van der Waals surface area contributed by atoms with Crippen LogP contribution in [0.3, 0.4) is 0 Å². The molecule has 0 bridgehead atoms. The van der Waals surface area contributed by atoms with Crippen molar-refractivity contribution in [2.45, 2.75) is 10.8 Å². The minimum Gasteiger partial charge on any atom is -0.448 e. The van der Waals surface area contributed by atoms with E-state index in [2.05, 4.69) is 26.1 Å². The van der Waals surface area contributed by atoms with Gasteiger partial charge < -0.3 is 15.1 Å². The van der Waals surface area contributed by atoms with Gasteiger partial charge in [-0.1, -0.05) is 24.3 Å². The number of nitrogens with zero attached hydrogens (tertiary/aromatic N) is 3. The molecule has 9 nitrogen and oxygen atoms in total. The van der Waals surface area contributed by atoms with Crippen molar-refractivity contribution >= 4 is 27.5 Å². The number of rotatable bonds is 5. The Kier molecular flexibility index (Phi) is 5.04. The first-order chi connectivity index (χ1) is 14.5. The Morgan fingerprint density at radius 3 is 2.83 bits per heavy atom. The zero-order valence-corrected chi connectivity index (χ0v) is 16.3. The molecule has 1 aromatic heterocycles. The predicted octanol–water partition coefficient (Wildman–Crippen LogP) is 2.01. The number of amides is 1. The Morgan fingerprint density at radius 1 is 1.23 bits per heavy atom. The van der Waals surface area contributed by atoms with E-state index in [9.17, 15) is 13.2 Å². The highest BCUT2D eigenvalue weighted by molar-refractivity contribution is 7.90. The van der Waals surface area contributed by atoms with Gasteiger partial charge in [0.05, 0.1) is 29.4 Å². The maximum Gasteiger partial charge on any atom is 0.287 e. The number of carbonyl (C=O) groups excluding carboxylic acids is 1. The maximum absolute atomic E-state index is 12.7. The average Bonchev–Trinajstić information content (AvgIpc) is 3.28. The molecule has 1 unspecified atom stereocenters. The van der Waals surface area contributed by atoms with Gasteiger partial charge in [-0.2, -0.15) is 13.7 Å². The van der Waals surface area contributed by atoms with E-state index < -0.39 is 21.8 Å². The fourth-order valence-corrected chi connectivity index (χ4v) is 4.19. The van der Waals surface area contributed by atoms with Crippen LogP contribution in [0.25, 0.3) is 0 Å². The summed E-state index contributed by atoms with van der Waals surface area (Å²) in [5, 5.41) is 14.6. The van der Waals surface area contributed by atoms with Gasteiger partial charge in [-0.05, 0) is 29.8 Å². The lowest BCUT2D eigenvalue weighted by Gasteiger charge is -2.19. The van der Waals surface area contributed by atoms with E-state index >= 15 is 0 Å². The minimum atomic E-state index is -3.98. The average molecular weight is 421 g/mol. The van der Waals surface area contributed by atoms with E-state index in [1.165, 1.54) is 18.5 Å². The normalized spacial score (nSPS) is 15.1. The van der Waals surface area contributed by atoms with Crippen LogP contribution in [0.5, 0.6) is 0 Å². The monoisotopic (exact) mass is 421 g/mol. The number of oxazole rings is 1. The Hall–Kier alpha value is -3.97. The minimum absolute atomic E-state index is 0.00697. The van der Waals surface area contributed by atoms with Crippen molar-refractivity contribution in [2.24, 2.45) is 4.40 Å². The molecule has 1 aliphatic heterocycles. The lowest BCUT2D eigenvalue weighted by molar-refractivity contribution is -0.114. The number of para-hydroxylation sites is 1. The molecule has 1 amide bonds. The summed E-state index contributed by atoms with van der Waals surface area (Å²) in [4.78, 5) is 16.8. The molecule has 1 aliphatic rings. The third-order valence-corrected chi connectivity index (χ3v) is 5.81. The van der Waals surface area contributed by atoms with Gasteiger partial charge in [-0.25, -0.2) is 4.98 Å². The van der Waals surface area contributed by atoms with Crippen LogP contribution in [-0.4, -0.2) is 31.7 Å². The van der Waals surface area contributed by atoms with Gasteiger partial charge in [-0.15, -0.1) is 4.40 Å². The SMILES string of the molecule is N#Cc1cccc(C(CNC(=O)C2=NS(=O)(=O)c3ccccc3N2)c2ncco2)c1. The smallest absolute Gasteiger partial charge is 0.287 e. The summed E-state index contributed by atoms with van der Waals surface area (Å²) in [6.45, 7) is 0.0522. The zero-order chi connectivity index (χ0) is 21.1. The number of nitrogens with one attached hydrogen (secondary N) is 2. The molecule has 30 heavy (non-hydrogen) atoms. The zero-order valence-electron chi connectivity index (χ0n) is 15.4. The second-order valence-corrected chi connectivity index (χ2v) is 7.98. The molecule has 0 spiro atoms. The topological polar surface area (TPSA) is 137 Å². The third-order valence-electron chi connectivity index (χ3n) is 4.48. The quantitative estimate of drug-likeness (QED) is 0.643. The van der Waals surface area contributed by atoms with Gasteiger partial charge in [-0.3, -0.25) is 4.79 Å². The van der Waals surface area contributed by atoms with Crippen LogP contribution in [-0.2, 0) is 14.8 Å². The molecule has 1 atom stereocenters. The lowest BCUT2D eigenvalue weighted by atomic mass is 9.97. The number of hydrogen-bond acceptors (Lipinski definition) is 7. The van der Waals surface area contributed by atoms with Crippen molar-refractivity contribution in [3.8, 4) is 6.07 Å². The van der Waals surface area contributed by atoms with E-state index in [0.29, 0.717) is 17.0 Å². The number of hydrogen-bond donors (Lipinski definition) is 2. The van der Waals surface area contributed by atoms with Crippen molar-refractivity contribution in [1.29, 1.82) is 5.26 Å². The number of aromatic nitrogens is 1. The molecule has 150 valence electrons. The van der Waals surface area contributed by atoms with Crippen molar-refractivity contribution in [2.75, 3.05) is 11.9 Å². The highest BCUT2D eigenvalue weighted by Gasteiger charge is 2.28. The van der Waals surface area contributed by atoms with Crippen molar-refractivity contribution in [3.05, 3.63) is 78.0 Å². The van der Waals surface area contributed by atoms with E-state index in [0.717, 1.165) is 0 Å². The molecule has 2 heterocycles. The summed E-state index contributed by atoms with van der Waals surface area (Å²) in [5.41, 5.74) is 1.45. The first-order valence-corrected chi connectivity index (χ1v) is 10.3. The van der Waals surface area contributed by atoms with E-state index in [4.69, 9.17) is 9.68 Å². The summed E-state index contributed by atoms with van der Waals surface area (Å²) in [6.07, 6.45) is 2.89. The molecule has 0 saturated heterocycles. The molecule has 10 heteroatoms. The summed E-state index contributed by atoms with van der Waals surface area (Å²) in [7, 11) is -3.98. The molecule has 0 radical (unpaired) electrons. The molecule has 0 fully saturated rings. The van der Waals surface area contributed by atoms with Crippen LogP contribution in [0.4, 0.5) is 5.69 Å². The molecular weight excluding hydrogens is 406 g/mol. The third kappa shape index (κ3) is 3.78. The van der Waals surface area contributed by atoms with Gasteiger partial charge in [0.15, 0.2) is 0 Å². The number of carbonyl (C=O) groups is 1. The second-order valence-electron chi connectivity index (χ2n) is 6.41. The van der Waals surface area contributed by atoms with Crippen LogP contribution in [0.2, 0.25) is 0 Å². The summed E-state index contributed by atoms with van der Waals surface area (Å²) < 4.78 is 33.7. The molecule has 4 rings (SSSR count). The van der Waals surface area contributed by atoms with E-state index in [-0.39, 0.29) is 23.0 Å². The molecule has 2 N–H and O–H groups in total. The first kappa shape index (κ1) is 19.4. The predicted molar refractivity (Wildman–Crippen MR) is 107 cm³/mol. The Labute approximate surface area is 172 Å². The van der Waals surface area contributed by atoms with Crippen LogP contribution in [0.15, 0.2) is 74.7 Å². The summed E-state index contributed by atoms with van der Waals surface area (Å²) in [6, 6.07) is 15.1. The number of benzene rings is 2. The summed E-state index contributed by atoms with van der Waals surface area (Å²) in [5.74, 6) is -1.15. The Morgan fingerprint density at radius 2 is 2.07 bits per heavy atom. The van der Waals surface area contributed by atoms with Crippen LogP contribution in [0, 0.1) is 11.3 Å². The standard InChI is InChI=1S/C20H15N5O4S/c21-11-13-4-3-5-14(10-13)15(20-22-8-9-29-20)12-23-19(26)18-24-16-6-1-2-7-17(16)30(27,28)25-18/h1-10,15H,12H2,(H,23,26)(H,24,25). The van der Waals surface area contributed by atoms with Gasteiger partial charge in [0.25, 0.3) is 15.9 Å². The van der Waals surface area contributed by atoms with Crippen LogP contribution >= 0.6 is 0 Å². The number of anilines is 1. The Balaban J connectivity index is 1.57. The van der Waals surface area contributed by atoms with Crippen molar-refractivity contribution in [1.82, 2.24) is 10.3 Å². The molecule has 3 aromatic rings. The van der Waals surface area contributed by atoms with Crippen LogP contribution < -0.4 is 10.6 Å². The fourth-order valence-electron chi connectivity index (χ4n) is 3.07. The maximum atomic E-state index is 12.7. The second kappa shape index (κ2) is 7.81. The molecular formula is C20H15N5O4S. The Bertz CT molecular complexity index is 1280. The number of sulfonamides is 1. The highest BCUT2D eigenvalue weighted by Crippen LogP contribution is 2.27. The number of nitriles is 1. The number of amidine groups is 1. The highest BCUT2D eigenvalue weighted by atomic mass is 32.2.